The van der Waals surface area contributed by atoms with Gasteiger partial charge in [0.15, 0.2) is 5.78 Å². The van der Waals surface area contributed by atoms with E-state index in [1.807, 2.05) is 30.3 Å². The molecule has 2 heterocycles. The number of halogens is 1. The first-order valence-corrected chi connectivity index (χ1v) is 8.74. The Morgan fingerprint density at radius 1 is 1.05 bits per heavy atom. The van der Waals surface area contributed by atoms with E-state index in [9.17, 15) is 4.79 Å². The molecule has 0 saturated carbocycles. The van der Waals surface area contributed by atoms with Gasteiger partial charge in [-0.15, -0.1) is 11.3 Å². The summed E-state index contributed by atoms with van der Waals surface area (Å²) >= 11 is 7.34. The SMILES string of the molecule is O=C(/C=C/c1ccc(Cl)s1)c1ccc(N2CCCCC2)cc1. The van der Waals surface area contributed by atoms with Gasteiger partial charge in [0.2, 0.25) is 0 Å². The lowest BCUT2D eigenvalue weighted by molar-refractivity contribution is 0.104. The van der Waals surface area contributed by atoms with E-state index in [-0.39, 0.29) is 5.78 Å². The van der Waals surface area contributed by atoms with Crippen LogP contribution in [0.5, 0.6) is 0 Å². The Bertz CT molecular complexity index is 669. The van der Waals surface area contributed by atoms with Gasteiger partial charge in [0.05, 0.1) is 4.34 Å². The van der Waals surface area contributed by atoms with Crippen LogP contribution in [0.4, 0.5) is 5.69 Å². The van der Waals surface area contributed by atoms with Gasteiger partial charge in [0, 0.05) is 29.2 Å². The second-order valence-corrected chi connectivity index (χ2v) is 7.18. The van der Waals surface area contributed by atoms with Gasteiger partial charge >= 0.3 is 0 Å². The number of ketones is 1. The standard InChI is InChI=1S/C18H18ClNOS/c19-18-11-9-16(22-18)8-10-17(21)14-4-6-15(7-5-14)20-12-2-1-3-13-20/h4-11H,1-3,12-13H2/b10-8+. The summed E-state index contributed by atoms with van der Waals surface area (Å²) in [6, 6.07) is 11.7. The Kier molecular flexibility index (Phi) is 4.96. The van der Waals surface area contributed by atoms with Crippen LogP contribution in [-0.4, -0.2) is 18.9 Å². The first-order chi connectivity index (χ1) is 10.7. The molecule has 2 nitrogen and oxygen atoms in total. The van der Waals surface area contributed by atoms with E-state index >= 15 is 0 Å². The fourth-order valence-corrected chi connectivity index (χ4v) is 3.62. The van der Waals surface area contributed by atoms with Gasteiger partial charge in [0.25, 0.3) is 0 Å². The van der Waals surface area contributed by atoms with Crippen molar-refractivity contribution in [3.05, 3.63) is 57.3 Å². The number of hydrogen-bond acceptors (Lipinski definition) is 3. The number of thiophene rings is 1. The molecule has 0 amide bonds. The molecule has 1 saturated heterocycles. The van der Waals surface area contributed by atoms with Crippen LogP contribution in [0.25, 0.3) is 6.08 Å². The maximum atomic E-state index is 12.2. The van der Waals surface area contributed by atoms with Gasteiger partial charge in [-0.2, -0.15) is 0 Å². The largest absolute Gasteiger partial charge is 0.372 e. The molecule has 4 heteroatoms. The Balaban J connectivity index is 1.66. The van der Waals surface area contributed by atoms with Crippen molar-refractivity contribution >= 4 is 40.5 Å². The average molecular weight is 332 g/mol. The molecule has 0 unspecified atom stereocenters. The van der Waals surface area contributed by atoms with Crippen molar-refractivity contribution in [2.75, 3.05) is 18.0 Å². The van der Waals surface area contributed by atoms with Gasteiger partial charge in [-0.25, -0.2) is 0 Å². The van der Waals surface area contributed by atoms with Crippen LogP contribution in [0.2, 0.25) is 4.34 Å². The topological polar surface area (TPSA) is 20.3 Å². The van der Waals surface area contributed by atoms with Crippen molar-refractivity contribution in [3.63, 3.8) is 0 Å². The molecule has 1 aromatic carbocycles. The molecule has 0 N–H and O–H groups in total. The molecule has 1 fully saturated rings. The molecular formula is C18H18ClNOS. The zero-order valence-electron chi connectivity index (χ0n) is 12.3. The summed E-state index contributed by atoms with van der Waals surface area (Å²) in [6.45, 7) is 2.23. The fourth-order valence-electron chi connectivity index (χ4n) is 2.66. The molecule has 114 valence electrons. The van der Waals surface area contributed by atoms with Crippen molar-refractivity contribution in [1.82, 2.24) is 0 Å². The van der Waals surface area contributed by atoms with E-state index in [0.29, 0.717) is 0 Å². The van der Waals surface area contributed by atoms with Crippen LogP contribution in [0.15, 0.2) is 42.5 Å². The highest BCUT2D eigenvalue weighted by Gasteiger charge is 2.11. The molecule has 1 aliphatic heterocycles. The van der Waals surface area contributed by atoms with Crippen LogP contribution in [-0.2, 0) is 0 Å². The number of rotatable bonds is 4. The quantitative estimate of drug-likeness (QED) is 0.560. The van der Waals surface area contributed by atoms with Crippen LogP contribution in [0.3, 0.4) is 0 Å². The smallest absolute Gasteiger partial charge is 0.185 e. The molecular weight excluding hydrogens is 314 g/mol. The highest BCUT2D eigenvalue weighted by Crippen LogP contribution is 2.23. The summed E-state index contributed by atoms with van der Waals surface area (Å²) in [6.07, 6.45) is 7.26. The number of benzene rings is 1. The lowest BCUT2D eigenvalue weighted by Crippen LogP contribution is -2.29. The number of carbonyl (C=O) groups is 1. The van der Waals surface area contributed by atoms with Crippen molar-refractivity contribution in [2.24, 2.45) is 0 Å². The van der Waals surface area contributed by atoms with Crippen LogP contribution in [0.1, 0.15) is 34.5 Å². The van der Waals surface area contributed by atoms with Gasteiger partial charge in [-0.05, 0) is 67.8 Å². The predicted octanol–water partition coefficient (Wildman–Crippen LogP) is 5.29. The lowest BCUT2D eigenvalue weighted by Gasteiger charge is -2.28. The predicted molar refractivity (Wildman–Crippen MR) is 95.2 cm³/mol. The highest BCUT2D eigenvalue weighted by molar-refractivity contribution is 7.17. The van der Waals surface area contributed by atoms with Crippen molar-refractivity contribution in [2.45, 2.75) is 19.3 Å². The summed E-state index contributed by atoms with van der Waals surface area (Å²) in [7, 11) is 0. The minimum atomic E-state index is 0.0229. The minimum Gasteiger partial charge on any atom is -0.372 e. The maximum absolute atomic E-state index is 12.2. The van der Waals surface area contributed by atoms with Crippen LogP contribution < -0.4 is 4.90 Å². The second-order valence-electron chi connectivity index (χ2n) is 5.43. The van der Waals surface area contributed by atoms with Crippen molar-refractivity contribution < 1.29 is 4.79 Å². The number of hydrogen-bond donors (Lipinski definition) is 0. The van der Waals surface area contributed by atoms with Gasteiger partial charge in [0.1, 0.15) is 0 Å². The number of anilines is 1. The van der Waals surface area contributed by atoms with Gasteiger partial charge in [-0.3, -0.25) is 4.79 Å². The van der Waals surface area contributed by atoms with E-state index in [0.717, 1.165) is 27.9 Å². The molecule has 1 aromatic heterocycles. The first kappa shape index (κ1) is 15.3. The molecule has 2 aromatic rings. The Hall–Kier alpha value is -1.58. The molecule has 0 bridgehead atoms. The number of allylic oxidation sites excluding steroid dienone is 1. The summed E-state index contributed by atoms with van der Waals surface area (Å²) in [5.74, 6) is 0.0229. The Morgan fingerprint density at radius 3 is 2.41 bits per heavy atom. The van der Waals surface area contributed by atoms with Crippen LogP contribution in [0, 0.1) is 0 Å². The van der Waals surface area contributed by atoms with E-state index in [2.05, 4.69) is 17.0 Å². The van der Waals surface area contributed by atoms with Crippen molar-refractivity contribution in [3.8, 4) is 0 Å². The molecule has 1 aliphatic rings. The third-order valence-corrected chi connectivity index (χ3v) is 5.06. The van der Waals surface area contributed by atoms with E-state index in [4.69, 9.17) is 11.6 Å². The second kappa shape index (κ2) is 7.12. The number of nitrogens with zero attached hydrogens (tertiary/aromatic N) is 1. The molecule has 22 heavy (non-hydrogen) atoms. The fraction of sp³-hybridized carbons (Fsp3) is 0.278. The minimum absolute atomic E-state index is 0.0229. The Morgan fingerprint density at radius 2 is 1.77 bits per heavy atom. The molecule has 3 rings (SSSR count). The zero-order valence-corrected chi connectivity index (χ0v) is 13.9. The third-order valence-electron chi connectivity index (χ3n) is 3.87. The van der Waals surface area contributed by atoms with E-state index < -0.39 is 0 Å². The maximum Gasteiger partial charge on any atom is 0.185 e. The summed E-state index contributed by atoms with van der Waals surface area (Å²) in [5.41, 5.74) is 1.94. The number of piperidine rings is 1. The Labute approximate surface area is 140 Å². The van der Waals surface area contributed by atoms with Gasteiger partial charge < -0.3 is 4.90 Å². The highest BCUT2D eigenvalue weighted by atomic mass is 35.5. The first-order valence-electron chi connectivity index (χ1n) is 7.55. The number of carbonyl (C=O) groups excluding carboxylic acids is 1. The lowest BCUT2D eigenvalue weighted by atomic mass is 10.1. The van der Waals surface area contributed by atoms with E-state index in [1.165, 1.54) is 36.3 Å². The normalized spacial score (nSPS) is 15.4. The monoisotopic (exact) mass is 331 g/mol. The zero-order chi connectivity index (χ0) is 15.4. The summed E-state index contributed by atoms with van der Waals surface area (Å²) in [4.78, 5) is 15.6. The molecule has 0 spiro atoms. The van der Waals surface area contributed by atoms with E-state index in [1.54, 1.807) is 6.08 Å². The van der Waals surface area contributed by atoms with Crippen molar-refractivity contribution in [1.29, 1.82) is 0 Å². The summed E-state index contributed by atoms with van der Waals surface area (Å²) < 4.78 is 0.734. The average Bonchev–Trinajstić information content (AvgIpc) is 2.99. The third kappa shape index (κ3) is 3.79. The molecule has 0 atom stereocenters. The van der Waals surface area contributed by atoms with Gasteiger partial charge in [-0.1, -0.05) is 11.6 Å². The summed E-state index contributed by atoms with van der Waals surface area (Å²) in [5, 5.41) is 0. The molecule has 0 aliphatic carbocycles. The molecule has 0 radical (unpaired) electrons. The van der Waals surface area contributed by atoms with Crippen LogP contribution >= 0.6 is 22.9 Å².